The normalized spacial score (nSPS) is 10.6. The number of hydrogen-bond acceptors (Lipinski definition) is 3. The van der Waals surface area contributed by atoms with Crippen LogP contribution in [0.15, 0.2) is 30.3 Å². The van der Waals surface area contributed by atoms with Gasteiger partial charge in [0.2, 0.25) is 5.91 Å². The highest BCUT2D eigenvalue weighted by Gasteiger charge is 2.15. The molecule has 0 saturated heterocycles. The van der Waals surface area contributed by atoms with Crippen molar-refractivity contribution in [1.29, 1.82) is 0 Å². The fraction of sp³-hybridized carbons (Fsp3) is 0.125. The van der Waals surface area contributed by atoms with E-state index in [0.717, 1.165) is 11.6 Å². The lowest BCUT2D eigenvalue weighted by molar-refractivity contribution is -0.113. The second kappa shape index (κ2) is 8.51. The predicted molar refractivity (Wildman–Crippen MR) is 96.1 cm³/mol. The van der Waals surface area contributed by atoms with Crippen molar-refractivity contribution >= 4 is 52.5 Å². The highest BCUT2D eigenvalue weighted by Crippen LogP contribution is 2.25. The average molecular weight is 405 g/mol. The van der Waals surface area contributed by atoms with Crippen LogP contribution in [0.25, 0.3) is 0 Å². The number of primary amides is 1. The molecule has 0 aliphatic rings. The molecule has 2 rings (SSSR count). The van der Waals surface area contributed by atoms with Crippen molar-refractivity contribution in [2.24, 2.45) is 5.73 Å². The number of thioether (sulfide) groups is 1. The zero-order chi connectivity index (χ0) is 18.6. The third-order valence-electron chi connectivity index (χ3n) is 3.10. The smallest absolute Gasteiger partial charge is 0.251 e. The van der Waals surface area contributed by atoms with Gasteiger partial charge in [0.05, 0.1) is 17.0 Å². The Morgan fingerprint density at radius 3 is 2.48 bits per heavy atom. The number of carbonyl (C=O) groups is 2. The van der Waals surface area contributed by atoms with Gasteiger partial charge in [-0.05, 0) is 23.8 Å². The van der Waals surface area contributed by atoms with Crippen LogP contribution in [-0.2, 0) is 10.5 Å². The Balaban J connectivity index is 1.96. The van der Waals surface area contributed by atoms with Crippen LogP contribution in [0, 0.1) is 11.6 Å². The van der Waals surface area contributed by atoms with Crippen molar-refractivity contribution in [3.05, 3.63) is 63.1 Å². The minimum atomic E-state index is -1.09. The summed E-state index contributed by atoms with van der Waals surface area (Å²) in [6.07, 6.45) is 0. The summed E-state index contributed by atoms with van der Waals surface area (Å²) in [5, 5.41) is 3.27. The van der Waals surface area contributed by atoms with Gasteiger partial charge in [-0.1, -0.05) is 29.3 Å². The molecule has 0 heterocycles. The number of anilines is 1. The van der Waals surface area contributed by atoms with E-state index >= 15 is 0 Å². The molecule has 9 heteroatoms. The predicted octanol–water partition coefficient (Wildman–Crippen LogP) is 4.24. The molecule has 0 aliphatic carbocycles. The quantitative estimate of drug-likeness (QED) is 0.755. The Bertz CT molecular complexity index is 834. The lowest BCUT2D eigenvalue weighted by atomic mass is 10.1. The number of amides is 2. The molecule has 2 aromatic rings. The van der Waals surface area contributed by atoms with Gasteiger partial charge in [0.25, 0.3) is 5.91 Å². The number of rotatable bonds is 6. The molecule has 0 atom stereocenters. The van der Waals surface area contributed by atoms with Crippen molar-refractivity contribution < 1.29 is 18.4 Å². The van der Waals surface area contributed by atoms with Crippen LogP contribution in [0.4, 0.5) is 14.5 Å². The standard InChI is InChI=1S/C16H12Cl2F2N2O2S/c17-9-2-1-8(11(18)3-9)6-25-7-15(23)22-14-4-10(16(21)24)12(19)5-13(14)20/h1-5H,6-7H2,(H2,21,24)(H,22,23). The van der Waals surface area contributed by atoms with Gasteiger partial charge in [-0.25, -0.2) is 8.78 Å². The lowest BCUT2D eigenvalue weighted by Gasteiger charge is -2.09. The van der Waals surface area contributed by atoms with E-state index in [1.807, 2.05) is 0 Å². The zero-order valence-corrected chi connectivity index (χ0v) is 14.9. The Labute approximate surface area is 156 Å². The van der Waals surface area contributed by atoms with Crippen molar-refractivity contribution in [3.8, 4) is 0 Å². The molecule has 0 aromatic heterocycles. The average Bonchev–Trinajstić information content (AvgIpc) is 2.51. The van der Waals surface area contributed by atoms with E-state index in [-0.39, 0.29) is 11.4 Å². The third kappa shape index (κ3) is 5.32. The molecule has 4 nitrogen and oxygen atoms in total. The maximum Gasteiger partial charge on any atom is 0.251 e. The topological polar surface area (TPSA) is 72.2 Å². The highest BCUT2D eigenvalue weighted by atomic mass is 35.5. The summed E-state index contributed by atoms with van der Waals surface area (Å²) in [6.45, 7) is 0. The summed E-state index contributed by atoms with van der Waals surface area (Å²) in [6, 6.07) is 6.39. The van der Waals surface area contributed by atoms with Crippen LogP contribution in [0.3, 0.4) is 0 Å². The Morgan fingerprint density at radius 2 is 1.84 bits per heavy atom. The Kier molecular flexibility index (Phi) is 6.64. The van der Waals surface area contributed by atoms with Crippen LogP contribution in [-0.4, -0.2) is 17.6 Å². The monoisotopic (exact) mass is 404 g/mol. The van der Waals surface area contributed by atoms with Gasteiger partial charge in [0.1, 0.15) is 11.6 Å². The summed E-state index contributed by atoms with van der Waals surface area (Å²) in [5.74, 6) is -3.21. The first-order valence-electron chi connectivity index (χ1n) is 6.88. The van der Waals surface area contributed by atoms with Crippen LogP contribution in [0.5, 0.6) is 0 Å². The molecule has 0 saturated carbocycles. The molecule has 2 aromatic carbocycles. The van der Waals surface area contributed by atoms with E-state index in [9.17, 15) is 18.4 Å². The first-order valence-corrected chi connectivity index (χ1v) is 8.79. The number of carbonyl (C=O) groups excluding carboxylic acids is 2. The van der Waals surface area contributed by atoms with Crippen LogP contribution in [0.1, 0.15) is 15.9 Å². The van der Waals surface area contributed by atoms with Crippen molar-refractivity contribution in [2.75, 3.05) is 11.1 Å². The molecular weight excluding hydrogens is 393 g/mol. The number of halogens is 4. The minimum Gasteiger partial charge on any atom is -0.366 e. The van der Waals surface area contributed by atoms with E-state index in [0.29, 0.717) is 21.9 Å². The number of nitrogens with one attached hydrogen (secondary N) is 1. The van der Waals surface area contributed by atoms with E-state index in [4.69, 9.17) is 28.9 Å². The van der Waals surface area contributed by atoms with Gasteiger partial charge >= 0.3 is 0 Å². The first kappa shape index (κ1) is 19.5. The summed E-state index contributed by atoms with van der Waals surface area (Å²) in [7, 11) is 0. The summed E-state index contributed by atoms with van der Waals surface area (Å²) < 4.78 is 27.1. The fourth-order valence-corrected chi connectivity index (χ4v) is 3.30. The molecule has 0 spiro atoms. The first-order chi connectivity index (χ1) is 11.8. The Morgan fingerprint density at radius 1 is 1.12 bits per heavy atom. The van der Waals surface area contributed by atoms with Crippen LogP contribution in [0.2, 0.25) is 10.0 Å². The van der Waals surface area contributed by atoms with Gasteiger partial charge in [-0.15, -0.1) is 11.8 Å². The summed E-state index contributed by atoms with van der Waals surface area (Å²) >= 11 is 13.1. The van der Waals surface area contributed by atoms with Gasteiger partial charge in [0.15, 0.2) is 0 Å². The molecule has 0 aliphatic heterocycles. The van der Waals surface area contributed by atoms with Gasteiger partial charge < -0.3 is 11.1 Å². The number of benzene rings is 2. The maximum absolute atomic E-state index is 13.7. The van der Waals surface area contributed by atoms with E-state index in [2.05, 4.69) is 5.32 Å². The molecule has 0 bridgehead atoms. The molecule has 0 radical (unpaired) electrons. The SMILES string of the molecule is NC(=O)c1cc(NC(=O)CSCc2ccc(Cl)cc2Cl)c(F)cc1F. The second-order valence-corrected chi connectivity index (χ2v) is 6.78. The molecule has 132 valence electrons. The zero-order valence-electron chi connectivity index (χ0n) is 12.6. The molecule has 2 amide bonds. The van der Waals surface area contributed by atoms with E-state index in [1.54, 1.807) is 18.2 Å². The molecule has 3 N–H and O–H groups in total. The summed E-state index contributed by atoms with van der Waals surface area (Å²) in [5.41, 5.74) is 4.98. The van der Waals surface area contributed by atoms with Crippen LogP contribution < -0.4 is 11.1 Å². The van der Waals surface area contributed by atoms with E-state index in [1.165, 1.54) is 11.8 Å². The molecular formula is C16H12Cl2F2N2O2S. The third-order valence-corrected chi connectivity index (χ3v) is 4.67. The fourth-order valence-electron chi connectivity index (χ4n) is 1.91. The molecule has 25 heavy (non-hydrogen) atoms. The number of nitrogens with two attached hydrogens (primary N) is 1. The highest BCUT2D eigenvalue weighted by molar-refractivity contribution is 7.99. The lowest BCUT2D eigenvalue weighted by Crippen LogP contribution is -2.18. The molecule has 0 unspecified atom stereocenters. The summed E-state index contributed by atoms with van der Waals surface area (Å²) in [4.78, 5) is 23.0. The van der Waals surface area contributed by atoms with E-state index < -0.39 is 29.0 Å². The van der Waals surface area contributed by atoms with Gasteiger partial charge in [-0.2, -0.15) is 0 Å². The Hall–Kier alpha value is -1.83. The van der Waals surface area contributed by atoms with Crippen molar-refractivity contribution in [1.82, 2.24) is 0 Å². The van der Waals surface area contributed by atoms with Crippen LogP contribution >= 0.6 is 35.0 Å². The van der Waals surface area contributed by atoms with Crippen molar-refractivity contribution in [3.63, 3.8) is 0 Å². The minimum absolute atomic E-state index is 0.00166. The van der Waals surface area contributed by atoms with Crippen molar-refractivity contribution in [2.45, 2.75) is 5.75 Å². The largest absolute Gasteiger partial charge is 0.366 e. The molecule has 0 fully saturated rings. The number of hydrogen-bond donors (Lipinski definition) is 2. The van der Waals surface area contributed by atoms with Gasteiger partial charge in [0, 0.05) is 21.9 Å². The van der Waals surface area contributed by atoms with Gasteiger partial charge in [-0.3, -0.25) is 9.59 Å². The second-order valence-electron chi connectivity index (χ2n) is 4.95. The maximum atomic E-state index is 13.7.